The third-order valence-electron chi connectivity index (χ3n) is 4.70. The largest absolute Gasteiger partial charge is 0.333 e. The number of hydrogen-bond donors (Lipinski definition) is 1. The van der Waals surface area contributed by atoms with E-state index in [9.17, 15) is 9.59 Å². The van der Waals surface area contributed by atoms with Crippen LogP contribution in [0.2, 0.25) is 0 Å². The van der Waals surface area contributed by atoms with Gasteiger partial charge in [-0.05, 0) is 18.8 Å². The fraction of sp³-hybridized carbons (Fsp3) is 0.667. The van der Waals surface area contributed by atoms with Crippen LogP contribution in [0.25, 0.3) is 0 Å². The molecule has 0 bridgehead atoms. The maximum absolute atomic E-state index is 12.6. The van der Waals surface area contributed by atoms with Crippen molar-refractivity contribution in [2.24, 2.45) is 11.3 Å². The molecular formula is C15H21N3O2S. The van der Waals surface area contributed by atoms with Crippen LogP contribution in [0, 0.1) is 11.3 Å². The number of anilines is 1. The lowest BCUT2D eigenvalue weighted by atomic mass is 9.55. The summed E-state index contributed by atoms with van der Waals surface area (Å²) in [7, 11) is 0. The lowest BCUT2D eigenvalue weighted by molar-refractivity contribution is -0.121. The standard InChI is InChI=1S/C15H21N3O2S/c1-9(2)12-15(5-4-6-15)8-18(12)13(20)11-7-21-14(17-11)16-10(3)19/h7,9,12H,4-6,8H2,1-3H3,(H,16,17,19). The van der Waals surface area contributed by atoms with E-state index in [0.717, 1.165) is 6.54 Å². The Morgan fingerprint density at radius 3 is 2.71 bits per heavy atom. The zero-order valence-electron chi connectivity index (χ0n) is 12.7. The van der Waals surface area contributed by atoms with E-state index in [1.807, 2.05) is 4.90 Å². The zero-order valence-corrected chi connectivity index (χ0v) is 13.5. The number of hydrogen-bond acceptors (Lipinski definition) is 4. The summed E-state index contributed by atoms with van der Waals surface area (Å²) in [4.78, 5) is 29.9. The molecule has 1 aromatic heterocycles. The molecule has 1 spiro atoms. The van der Waals surface area contributed by atoms with Gasteiger partial charge >= 0.3 is 0 Å². The molecule has 2 heterocycles. The Morgan fingerprint density at radius 1 is 1.48 bits per heavy atom. The Bertz CT molecular complexity index is 577. The molecule has 114 valence electrons. The van der Waals surface area contributed by atoms with E-state index in [1.54, 1.807) is 5.38 Å². The molecule has 1 atom stereocenters. The van der Waals surface area contributed by atoms with Crippen molar-refractivity contribution in [2.75, 3.05) is 11.9 Å². The Balaban J connectivity index is 1.73. The van der Waals surface area contributed by atoms with Crippen LogP contribution in [-0.4, -0.2) is 34.3 Å². The van der Waals surface area contributed by atoms with Gasteiger partial charge < -0.3 is 10.2 Å². The van der Waals surface area contributed by atoms with Crippen LogP contribution in [0.5, 0.6) is 0 Å². The van der Waals surface area contributed by atoms with Gasteiger partial charge in [0.05, 0.1) is 0 Å². The molecule has 2 aliphatic rings. The monoisotopic (exact) mass is 307 g/mol. The van der Waals surface area contributed by atoms with E-state index in [-0.39, 0.29) is 11.8 Å². The molecule has 1 saturated heterocycles. The molecule has 3 rings (SSSR count). The predicted octanol–water partition coefficient (Wildman–Crippen LogP) is 2.75. The second-order valence-corrected chi connectivity index (χ2v) is 7.42. The first-order valence-corrected chi connectivity index (χ1v) is 8.35. The Kier molecular flexibility index (Phi) is 3.51. The van der Waals surface area contributed by atoms with Gasteiger partial charge in [0, 0.05) is 30.3 Å². The van der Waals surface area contributed by atoms with Gasteiger partial charge in [-0.25, -0.2) is 4.98 Å². The number of carbonyl (C=O) groups excluding carboxylic acids is 2. The van der Waals surface area contributed by atoms with Crippen LogP contribution in [-0.2, 0) is 4.79 Å². The molecular weight excluding hydrogens is 286 g/mol. The summed E-state index contributed by atoms with van der Waals surface area (Å²) in [6.45, 7) is 6.68. The van der Waals surface area contributed by atoms with Gasteiger partial charge in [0.2, 0.25) is 5.91 Å². The van der Waals surface area contributed by atoms with Crippen LogP contribution in [0.15, 0.2) is 5.38 Å². The fourth-order valence-electron chi connectivity index (χ4n) is 3.83. The number of nitrogens with one attached hydrogen (secondary N) is 1. The van der Waals surface area contributed by atoms with Crippen molar-refractivity contribution < 1.29 is 9.59 Å². The van der Waals surface area contributed by atoms with Crippen LogP contribution >= 0.6 is 11.3 Å². The highest BCUT2D eigenvalue weighted by molar-refractivity contribution is 7.14. The number of thiazole rings is 1. The first kappa shape index (κ1) is 14.5. The topological polar surface area (TPSA) is 62.3 Å². The van der Waals surface area contributed by atoms with E-state index >= 15 is 0 Å². The molecule has 1 aromatic rings. The SMILES string of the molecule is CC(=O)Nc1nc(C(=O)N2CC3(CCC3)C2C(C)C)cs1. The maximum atomic E-state index is 12.6. The summed E-state index contributed by atoms with van der Waals surface area (Å²) in [5.41, 5.74) is 0.823. The van der Waals surface area contributed by atoms with Gasteiger partial charge in [-0.1, -0.05) is 20.3 Å². The van der Waals surface area contributed by atoms with E-state index in [1.165, 1.54) is 37.5 Å². The third kappa shape index (κ3) is 2.35. The van der Waals surface area contributed by atoms with Crippen molar-refractivity contribution in [3.05, 3.63) is 11.1 Å². The van der Waals surface area contributed by atoms with Crippen LogP contribution in [0.4, 0.5) is 5.13 Å². The summed E-state index contributed by atoms with van der Waals surface area (Å²) in [6, 6.07) is 0.338. The van der Waals surface area contributed by atoms with Crippen molar-refractivity contribution in [3.63, 3.8) is 0 Å². The number of likely N-dealkylation sites (tertiary alicyclic amines) is 1. The van der Waals surface area contributed by atoms with Crippen molar-refractivity contribution >= 4 is 28.3 Å². The Morgan fingerprint density at radius 2 is 2.19 bits per heavy atom. The van der Waals surface area contributed by atoms with E-state index < -0.39 is 0 Å². The minimum absolute atomic E-state index is 0.000855. The van der Waals surface area contributed by atoms with Crippen LogP contribution in [0.3, 0.4) is 0 Å². The van der Waals surface area contributed by atoms with Crippen molar-refractivity contribution in [1.29, 1.82) is 0 Å². The highest BCUT2D eigenvalue weighted by Gasteiger charge is 2.58. The van der Waals surface area contributed by atoms with Crippen molar-refractivity contribution in [2.45, 2.75) is 46.1 Å². The number of rotatable bonds is 3. The summed E-state index contributed by atoms with van der Waals surface area (Å²) >= 11 is 1.30. The van der Waals surface area contributed by atoms with Crippen molar-refractivity contribution in [1.82, 2.24) is 9.88 Å². The predicted molar refractivity (Wildman–Crippen MR) is 82.4 cm³/mol. The van der Waals surface area contributed by atoms with E-state index in [4.69, 9.17) is 0 Å². The molecule has 5 nitrogen and oxygen atoms in total. The van der Waals surface area contributed by atoms with Gasteiger partial charge in [-0.3, -0.25) is 9.59 Å². The quantitative estimate of drug-likeness (QED) is 0.934. The lowest BCUT2D eigenvalue weighted by Crippen LogP contribution is -2.70. The number of nitrogens with zero attached hydrogens (tertiary/aromatic N) is 2. The number of aromatic nitrogens is 1. The molecule has 0 radical (unpaired) electrons. The average molecular weight is 307 g/mol. The number of amides is 2. The minimum atomic E-state index is -0.166. The summed E-state index contributed by atoms with van der Waals surface area (Å²) in [6.07, 6.45) is 3.77. The van der Waals surface area contributed by atoms with Crippen LogP contribution < -0.4 is 5.32 Å². The van der Waals surface area contributed by atoms with E-state index in [0.29, 0.717) is 28.2 Å². The lowest BCUT2D eigenvalue weighted by Gasteiger charge is -2.64. The van der Waals surface area contributed by atoms with E-state index in [2.05, 4.69) is 24.1 Å². The highest BCUT2D eigenvalue weighted by atomic mass is 32.1. The molecule has 2 fully saturated rings. The maximum Gasteiger partial charge on any atom is 0.273 e. The Labute approximate surface area is 128 Å². The van der Waals surface area contributed by atoms with Crippen LogP contribution in [0.1, 0.15) is 50.5 Å². The first-order valence-electron chi connectivity index (χ1n) is 7.47. The molecule has 1 N–H and O–H groups in total. The van der Waals surface area contributed by atoms with Gasteiger partial charge in [0.25, 0.3) is 5.91 Å². The molecule has 0 aromatic carbocycles. The van der Waals surface area contributed by atoms with Gasteiger partial charge in [0.1, 0.15) is 5.69 Å². The second-order valence-electron chi connectivity index (χ2n) is 6.56. The van der Waals surface area contributed by atoms with Crippen molar-refractivity contribution in [3.8, 4) is 0 Å². The smallest absolute Gasteiger partial charge is 0.273 e. The fourth-order valence-corrected chi connectivity index (χ4v) is 4.56. The minimum Gasteiger partial charge on any atom is -0.333 e. The summed E-state index contributed by atoms with van der Waals surface area (Å²) in [5, 5.41) is 4.85. The normalized spacial score (nSPS) is 22.9. The first-order chi connectivity index (χ1) is 9.93. The van der Waals surface area contributed by atoms with Gasteiger partial charge in [0.15, 0.2) is 5.13 Å². The molecule has 2 amide bonds. The Hall–Kier alpha value is -1.43. The van der Waals surface area contributed by atoms with Gasteiger partial charge in [-0.2, -0.15) is 0 Å². The third-order valence-corrected chi connectivity index (χ3v) is 5.45. The molecule has 21 heavy (non-hydrogen) atoms. The molecule has 1 unspecified atom stereocenters. The van der Waals surface area contributed by atoms with Gasteiger partial charge in [-0.15, -0.1) is 11.3 Å². The highest BCUT2D eigenvalue weighted by Crippen LogP contribution is 2.55. The summed E-state index contributed by atoms with van der Waals surface area (Å²) < 4.78 is 0. The molecule has 1 aliphatic heterocycles. The second kappa shape index (κ2) is 5.09. The number of carbonyl (C=O) groups is 2. The molecule has 1 aliphatic carbocycles. The average Bonchev–Trinajstić information content (AvgIpc) is 2.72. The zero-order chi connectivity index (χ0) is 15.2. The molecule has 6 heteroatoms. The molecule has 1 saturated carbocycles. The summed E-state index contributed by atoms with van der Waals surface area (Å²) in [5.74, 6) is 0.302.